The highest BCUT2D eigenvalue weighted by Crippen LogP contribution is 2.29. The van der Waals surface area contributed by atoms with Crippen LogP contribution >= 0.6 is 0 Å². The Balaban J connectivity index is 1.98. The first-order valence-corrected chi connectivity index (χ1v) is 11.1. The second-order valence-electron chi connectivity index (χ2n) is 7.77. The number of likely N-dealkylation sites (tertiary alicyclic amines) is 1. The van der Waals surface area contributed by atoms with Gasteiger partial charge in [0.25, 0.3) is 11.8 Å². The Hall–Kier alpha value is -3.03. The molecule has 1 aromatic rings. The van der Waals surface area contributed by atoms with Crippen molar-refractivity contribution >= 4 is 17.8 Å². The van der Waals surface area contributed by atoms with Crippen LogP contribution in [0.1, 0.15) is 50.4 Å². The summed E-state index contributed by atoms with van der Waals surface area (Å²) in [5.74, 6) is -0.267. The van der Waals surface area contributed by atoms with Gasteiger partial charge in [0, 0.05) is 26.2 Å². The zero-order valence-corrected chi connectivity index (χ0v) is 19.4. The Labute approximate surface area is 190 Å². The van der Waals surface area contributed by atoms with E-state index in [2.05, 4.69) is 6.58 Å². The molecule has 32 heavy (non-hydrogen) atoms. The van der Waals surface area contributed by atoms with E-state index in [-0.39, 0.29) is 30.6 Å². The number of hydrogen-bond donors (Lipinski definition) is 0. The molecule has 0 atom stereocenters. The van der Waals surface area contributed by atoms with Gasteiger partial charge in [-0.3, -0.25) is 9.59 Å². The van der Waals surface area contributed by atoms with Gasteiger partial charge in [-0.25, -0.2) is 4.79 Å². The number of amides is 2. The maximum Gasteiger partial charge on any atom is 0.338 e. The lowest BCUT2D eigenvalue weighted by Crippen LogP contribution is -2.38. The van der Waals surface area contributed by atoms with Gasteiger partial charge in [-0.2, -0.15) is 0 Å². The quantitative estimate of drug-likeness (QED) is 0.384. The van der Waals surface area contributed by atoms with Crippen LogP contribution in [0.15, 0.2) is 30.4 Å². The van der Waals surface area contributed by atoms with Gasteiger partial charge in [0.05, 0.1) is 12.2 Å². The summed E-state index contributed by atoms with van der Waals surface area (Å²) in [6, 6.07) is 4.61. The van der Waals surface area contributed by atoms with Gasteiger partial charge >= 0.3 is 5.97 Å². The molecular formula is C24H34N2O6. The van der Waals surface area contributed by atoms with Gasteiger partial charge in [-0.15, -0.1) is 0 Å². The first-order chi connectivity index (χ1) is 15.3. The van der Waals surface area contributed by atoms with Crippen LogP contribution in [0, 0.1) is 0 Å². The van der Waals surface area contributed by atoms with Gasteiger partial charge < -0.3 is 24.0 Å². The molecule has 1 aliphatic rings. The lowest BCUT2D eigenvalue weighted by Gasteiger charge is -2.26. The zero-order valence-electron chi connectivity index (χ0n) is 19.4. The van der Waals surface area contributed by atoms with Crippen molar-refractivity contribution in [3.63, 3.8) is 0 Å². The third-order valence-corrected chi connectivity index (χ3v) is 5.06. The summed E-state index contributed by atoms with van der Waals surface area (Å²) in [5.41, 5.74) is 1.08. The average Bonchev–Trinajstić information content (AvgIpc) is 2.80. The van der Waals surface area contributed by atoms with Crippen molar-refractivity contribution in [2.75, 3.05) is 46.0 Å². The number of rotatable bonds is 11. The topological polar surface area (TPSA) is 85.4 Å². The fourth-order valence-corrected chi connectivity index (χ4v) is 3.40. The van der Waals surface area contributed by atoms with Crippen LogP contribution in [0.4, 0.5) is 0 Å². The Morgan fingerprint density at radius 2 is 1.75 bits per heavy atom. The van der Waals surface area contributed by atoms with Crippen molar-refractivity contribution in [1.82, 2.24) is 9.80 Å². The molecule has 0 saturated carbocycles. The van der Waals surface area contributed by atoms with Crippen LogP contribution in [0.3, 0.4) is 0 Å². The second-order valence-corrected chi connectivity index (χ2v) is 7.77. The van der Waals surface area contributed by atoms with Crippen LogP contribution < -0.4 is 9.47 Å². The molecule has 0 radical (unpaired) electrons. The largest absolute Gasteiger partial charge is 0.490 e. The molecule has 1 saturated heterocycles. The predicted octanol–water partition coefficient (Wildman–Crippen LogP) is 3.06. The van der Waals surface area contributed by atoms with Crippen LogP contribution in [-0.2, 0) is 14.3 Å². The molecule has 0 aliphatic carbocycles. The Kier molecular flexibility index (Phi) is 10.0. The number of carbonyl (C=O) groups excluding carboxylic acids is 3. The molecule has 0 spiro atoms. The molecule has 2 amide bonds. The lowest BCUT2D eigenvalue weighted by atomic mass is 10.1. The van der Waals surface area contributed by atoms with Crippen LogP contribution in [-0.4, -0.2) is 73.6 Å². The molecule has 1 heterocycles. The first-order valence-electron chi connectivity index (χ1n) is 11.1. The predicted molar refractivity (Wildman–Crippen MR) is 121 cm³/mol. The summed E-state index contributed by atoms with van der Waals surface area (Å²) in [5, 5.41) is 0. The molecule has 1 aliphatic heterocycles. The molecule has 8 nitrogen and oxygen atoms in total. The van der Waals surface area contributed by atoms with Crippen LogP contribution in [0.5, 0.6) is 11.5 Å². The summed E-state index contributed by atoms with van der Waals surface area (Å²) < 4.78 is 16.5. The third kappa shape index (κ3) is 7.59. The number of hydrogen-bond acceptors (Lipinski definition) is 6. The van der Waals surface area contributed by atoms with Crippen LogP contribution in [0.2, 0.25) is 0 Å². The second kappa shape index (κ2) is 12.7. The summed E-state index contributed by atoms with van der Waals surface area (Å²) in [7, 11) is 0. The molecule has 0 unspecified atom stereocenters. The Bertz CT molecular complexity index is 817. The highest BCUT2D eigenvalue weighted by Gasteiger charge is 2.20. The summed E-state index contributed by atoms with van der Waals surface area (Å²) in [6.45, 7) is 11.7. The molecular weight excluding hydrogens is 412 g/mol. The summed E-state index contributed by atoms with van der Waals surface area (Å²) >= 11 is 0. The number of ether oxygens (including phenoxy) is 3. The molecule has 0 aromatic heterocycles. The van der Waals surface area contributed by atoms with E-state index in [9.17, 15) is 14.4 Å². The van der Waals surface area contributed by atoms with E-state index >= 15 is 0 Å². The van der Waals surface area contributed by atoms with Gasteiger partial charge in [-0.1, -0.05) is 12.2 Å². The van der Waals surface area contributed by atoms with Crippen molar-refractivity contribution in [3.8, 4) is 11.5 Å². The molecule has 0 N–H and O–H groups in total. The highest BCUT2D eigenvalue weighted by molar-refractivity contribution is 5.92. The van der Waals surface area contributed by atoms with Crippen molar-refractivity contribution in [2.45, 2.75) is 40.0 Å². The van der Waals surface area contributed by atoms with E-state index in [0.29, 0.717) is 31.2 Å². The number of likely N-dealkylation sites (N-methyl/N-ethyl adjacent to an activating group) is 1. The minimum atomic E-state index is -0.637. The summed E-state index contributed by atoms with van der Waals surface area (Å²) in [6.07, 6.45) is 3.17. The van der Waals surface area contributed by atoms with E-state index in [1.54, 1.807) is 15.9 Å². The average molecular weight is 447 g/mol. The van der Waals surface area contributed by atoms with E-state index in [0.717, 1.165) is 37.9 Å². The maximum atomic E-state index is 12.5. The van der Waals surface area contributed by atoms with Gasteiger partial charge in [-0.05, 0) is 58.2 Å². The fraction of sp³-hybridized carbons (Fsp3) is 0.542. The van der Waals surface area contributed by atoms with E-state index in [4.69, 9.17) is 14.2 Å². The molecule has 1 aromatic carbocycles. The van der Waals surface area contributed by atoms with Gasteiger partial charge in [0.1, 0.15) is 0 Å². The Morgan fingerprint density at radius 1 is 1.03 bits per heavy atom. The van der Waals surface area contributed by atoms with Crippen molar-refractivity contribution in [1.29, 1.82) is 0 Å². The number of carbonyl (C=O) groups is 3. The van der Waals surface area contributed by atoms with Crippen molar-refractivity contribution < 1.29 is 28.6 Å². The minimum absolute atomic E-state index is 0.0654. The molecule has 0 bridgehead atoms. The van der Waals surface area contributed by atoms with Crippen LogP contribution in [0.25, 0.3) is 0 Å². The minimum Gasteiger partial charge on any atom is -0.490 e. The number of benzene rings is 1. The Morgan fingerprint density at radius 3 is 2.38 bits per heavy atom. The van der Waals surface area contributed by atoms with Crippen molar-refractivity contribution in [2.24, 2.45) is 0 Å². The lowest BCUT2D eigenvalue weighted by molar-refractivity contribution is -0.134. The van der Waals surface area contributed by atoms with E-state index in [1.165, 1.54) is 12.1 Å². The third-order valence-electron chi connectivity index (χ3n) is 5.06. The fourth-order valence-electron chi connectivity index (χ4n) is 3.40. The highest BCUT2D eigenvalue weighted by atomic mass is 16.5. The van der Waals surface area contributed by atoms with Crippen molar-refractivity contribution in [3.05, 3.63) is 35.9 Å². The number of piperidine rings is 1. The van der Waals surface area contributed by atoms with Gasteiger partial charge in [0.15, 0.2) is 24.7 Å². The van der Waals surface area contributed by atoms with Gasteiger partial charge in [0.2, 0.25) is 0 Å². The first kappa shape index (κ1) is 25.2. The van der Waals surface area contributed by atoms with E-state index in [1.807, 2.05) is 20.8 Å². The smallest absolute Gasteiger partial charge is 0.338 e. The molecule has 176 valence electrons. The molecule has 1 fully saturated rings. The normalized spacial score (nSPS) is 13.3. The standard InChI is InChI=1S/C24H34N2O6/c1-5-25(15-18(3)4)22(27)17-32-24(29)19-10-11-20(21(14-19)30-6-2)31-16-23(28)26-12-8-7-9-13-26/h10-11,14H,3,5-9,12-13,15-17H2,1-2,4H3. The SMILES string of the molecule is C=C(C)CN(CC)C(=O)COC(=O)c1ccc(OCC(=O)N2CCCCC2)c(OCC)c1. The van der Waals surface area contributed by atoms with E-state index < -0.39 is 5.97 Å². The maximum absolute atomic E-state index is 12.5. The number of nitrogens with zero attached hydrogens (tertiary/aromatic N) is 2. The monoisotopic (exact) mass is 446 g/mol. The summed E-state index contributed by atoms with van der Waals surface area (Å²) in [4.78, 5) is 40.5. The number of esters is 1. The molecule has 2 rings (SSSR count). The zero-order chi connectivity index (χ0) is 23.5. The molecule has 8 heteroatoms.